The van der Waals surface area contributed by atoms with E-state index in [0.29, 0.717) is 30.8 Å². The maximum Gasteiger partial charge on any atom is 0.223 e. The molecule has 1 N–H and O–H groups in total. The summed E-state index contributed by atoms with van der Waals surface area (Å²) < 4.78 is 0. The molecule has 1 saturated heterocycles. The quantitative estimate of drug-likeness (QED) is 0.783. The van der Waals surface area contributed by atoms with E-state index in [1.807, 2.05) is 4.90 Å². The van der Waals surface area contributed by atoms with Crippen LogP contribution >= 0.6 is 0 Å². The third kappa shape index (κ3) is 4.48. The van der Waals surface area contributed by atoms with E-state index in [9.17, 15) is 9.59 Å². The Morgan fingerprint density at radius 3 is 2.52 bits per heavy atom. The molecule has 1 unspecified atom stereocenters. The van der Waals surface area contributed by atoms with Gasteiger partial charge in [-0.1, -0.05) is 26.2 Å². The van der Waals surface area contributed by atoms with Gasteiger partial charge in [-0.3, -0.25) is 9.59 Å². The number of amides is 2. The second kappa shape index (κ2) is 7.67. The Morgan fingerprint density at radius 2 is 1.87 bits per heavy atom. The molecule has 2 aliphatic carbocycles. The number of unbranched alkanes of at least 4 members (excludes halogenated alkanes) is 1. The van der Waals surface area contributed by atoms with Crippen molar-refractivity contribution in [3.8, 4) is 0 Å². The molecule has 2 amide bonds. The average molecular weight is 320 g/mol. The Bertz CT molecular complexity index is 425. The fraction of sp³-hybridized carbons (Fsp3) is 0.895. The van der Waals surface area contributed by atoms with Crippen LogP contribution in [0.5, 0.6) is 0 Å². The molecular formula is C19H32N2O2. The largest absolute Gasteiger partial charge is 0.356 e. The molecule has 4 heteroatoms. The van der Waals surface area contributed by atoms with Crippen molar-refractivity contribution in [3.63, 3.8) is 0 Å². The van der Waals surface area contributed by atoms with Crippen molar-refractivity contribution in [1.29, 1.82) is 0 Å². The van der Waals surface area contributed by atoms with E-state index < -0.39 is 0 Å². The zero-order valence-corrected chi connectivity index (χ0v) is 14.6. The lowest BCUT2D eigenvalue weighted by Gasteiger charge is -2.28. The number of hydrogen-bond acceptors (Lipinski definition) is 2. The molecule has 0 aromatic heterocycles. The molecule has 130 valence electrons. The Balaban J connectivity index is 1.35. The highest BCUT2D eigenvalue weighted by molar-refractivity contribution is 5.80. The molecule has 0 aromatic rings. The maximum absolute atomic E-state index is 12.4. The number of nitrogens with one attached hydrogen (secondary N) is 1. The van der Waals surface area contributed by atoms with Crippen molar-refractivity contribution in [2.75, 3.05) is 13.1 Å². The molecule has 3 rings (SSSR count). The summed E-state index contributed by atoms with van der Waals surface area (Å²) in [7, 11) is 0. The Labute approximate surface area is 140 Å². The van der Waals surface area contributed by atoms with Gasteiger partial charge in [0.15, 0.2) is 0 Å². The van der Waals surface area contributed by atoms with E-state index >= 15 is 0 Å². The Hall–Kier alpha value is -1.06. The van der Waals surface area contributed by atoms with Gasteiger partial charge in [-0.05, 0) is 44.4 Å². The summed E-state index contributed by atoms with van der Waals surface area (Å²) in [5, 5.41) is 3.13. The third-order valence-electron chi connectivity index (χ3n) is 5.97. The number of carbonyl (C=O) groups excluding carboxylic acids is 2. The van der Waals surface area contributed by atoms with E-state index in [0.717, 1.165) is 25.3 Å². The number of carbonyl (C=O) groups is 2. The summed E-state index contributed by atoms with van der Waals surface area (Å²) in [6.45, 7) is 3.79. The van der Waals surface area contributed by atoms with Crippen molar-refractivity contribution < 1.29 is 9.59 Å². The zero-order chi connectivity index (χ0) is 16.2. The van der Waals surface area contributed by atoms with Crippen molar-refractivity contribution >= 4 is 11.8 Å². The monoisotopic (exact) mass is 320 g/mol. The van der Waals surface area contributed by atoms with Gasteiger partial charge in [0, 0.05) is 37.4 Å². The Morgan fingerprint density at radius 1 is 1.13 bits per heavy atom. The molecule has 0 radical (unpaired) electrons. The lowest BCUT2D eigenvalue weighted by atomic mass is 9.79. The van der Waals surface area contributed by atoms with E-state index in [-0.39, 0.29) is 11.8 Å². The van der Waals surface area contributed by atoms with E-state index in [1.54, 1.807) is 0 Å². The molecule has 0 aromatic carbocycles. The normalized spacial score (nSPS) is 31.4. The zero-order valence-electron chi connectivity index (χ0n) is 14.6. The van der Waals surface area contributed by atoms with Crippen molar-refractivity contribution in [3.05, 3.63) is 0 Å². The van der Waals surface area contributed by atoms with Gasteiger partial charge in [-0.25, -0.2) is 0 Å². The topological polar surface area (TPSA) is 49.4 Å². The molecule has 2 saturated carbocycles. The predicted octanol–water partition coefficient (Wildman–Crippen LogP) is 3.11. The van der Waals surface area contributed by atoms with E-state index in [2.05, 4.69) is 12.2 Å². The first-order chi connectivity index (χ1) is 11.2. The first-order valence-corrected chi connectivity index (χ1v) is 9.74. The van der Waals surface area contributed by atoms with Gasteiger partial charge >= 0.3 is 0 Å². The van der Waals surface area contributed by atoms with E-state index in [1.165, 1.54) is 44.9 Å². The van der Waals surface area contributed by atoms with Crippen molar-refractivity contribution in [1.82, 2.24) is 10.2 Å². The smallest absolute Gasteiger partial charge is 0.223 e. The van der Waals surface area contributed by atoms with Crippen LogP contribution in [0.2, 0.25) is 0 Å². The summed E-state index contributed by atoms with van der Waals surface area (Å²) in [5.74, 6) is 1.91. The van der Waals surface area contributed by atoms with Gasteiger partial charge in [0.1, 0.15) is 0 Å². The minimum absolute atomic E-state index is 0.213. The van der Waals surface area contributed by atoms with Gasteiger partial charge in [0.2, 0.25) is 11.8 Å². The van der Waals surface area contributed by atoms with Crippen LogP contribution in [0.15, 0.2) is 0 Å². The van der Waals surface area contributed by atoms with Gasteiger partial charge < -0.3 is 10.2 Å². The van der Waals surface area contributed by atoms with Crippen molar-refractivity contribution in [2.24, 2.45) is 17.8 Å². The fourth-order valence-corrected chi connectivity index (χ4v) is 4.28. The summed E-state index contributed by atoms with van der Waals surface area (Å²) in [6.07, 6.45) is 11.5. The third-order valence-corrected chi connectivity index (χ3v) is 5.97. The molecule has 4 nitrogen and oxygen atoms in total. The average Bonchev–Trinajstić information content (AvgIpc) is 3.34. The van der Waals surface area contributed by atoms with Crippen LogP contribution in [0.3, 0.4) is 0 Å². The standard InChI is InChI=1S/C19H32N2O2/c1-2-3-4-14-5-7-16(8-6-14)19(23)20-12-15-11-18(22)21(13-15)17-9-10-17/h14-17H,2-13H2,1H3,(H,20,23). The van der Waals surface area contributed by atoms with Crippen molar-refractivity contribution in [2.45, 2.75) is 77.2 Å². The second-order valence-electron chi connectivity index (χ2n) is 7.95. The molecule has 0 bridgehead atoms. The fourth-order valence-electron chi connectivity index (χ4n) is 4.28. The molecule has 3 aliphatic rings. The minimum Gasteiger partial charge on any atom is -0.356 e. The molecule has 23 heavy (non-hydrogen) atoms. The second-order valence-corrected chi connectivity index (χ2v) is 7.95. The molecule has 1 aliphatic heterocycles. The first-order valence-electron chi connectivity index (χ1n) is 9.74. The number of rotatable bonds is 7. The van der Waals surface area contributed by atoms with Crippen LogP contribution in [-0.4, -0.2) is 35.8 Å². The van der Waals surface area contributed by atoms with Gasteiger partial charge in [-0.15, -0.1) is 0 Å². The van der Waals surface area contributed by atoms with Crippen LogP contribution in [0.1, 0.15) is 71.1 Å². The SMILES string of the molecule is CCCCC1CCC(C(=O)NCC2CC(=O)N(C3CC3)C2)CC1. The van der Waals surface area contributed by atoms with Gasteiger partial charge in [0.25, 0.3) is 0 Å². The first kappa shape index (κ1) is 16.8. The van der Waals surface area contributed by atoms with Crippen LogP contribution in [0.25, 0.3) is 0 Å². The summed E-state index contributed by atoms with van der Waals surface area (Å²) in [5.41, 5.74) is 0. The number of likely N-dealkylation sites (tertiary alicyclic amines) is 1. The number of nitrogens with zero attached hydrogens (tertiary/aromatic N) is 1. The van der Waals surface area contributed by atoms with Gasteiger partial charge in [-0.2, -0.15) is 0 Å². The summed E-state index contributed by atoms with van der Waals surface area (Å²) in [6, 6.07) is 0.515. The maximum atomic E-state index is 12.4. The number of hydrogen-bond donors (Lipinski definition) is 1. The molecular weight excluding hydrogens is 288 g/mol. The molecule has 1 heterocycles. The lowest BCUT2D eigenvalue weighted by Crippen LogP contribution is -2.37. The highest BCUT2D eigenvalue weighted by Gasteiger charge is 2.39. The predicted molar refractivity (Wildman–Crippen MR) is 90.8 cm³/mol. The minimum atomic E-state index is 0.213. The van der Waals surface area contributed by atoms with Crippen LogP contribution < -0.4 is 5.32 Å². The summed E-state index contributed by atoms with van der Waals surface area (Å²) in [4.78, 5) is 26.4. The summed E-state index contributed by atoms with van der Waals surface area (Å²) >= 11 is 0. The van der Waals surface area contributed by atoms with Crippen LogP contribution in [0.4, 0.5) is 0 Å². The van der Waals surface area contributed by atoms with Crippen LogP contribution in [0, 0.1) is 17.8 Å². The highest BCUT2D eigenvalue weighted by atomic mass is 16.2. The molecule has 1 atom stereocenters. The molecule has 3 fully saturated rings. The molecule has 0 spiro atoms. The highest BCUT2D eigenvalue weighted by Crippen LogP contribution is 2.33. The lowest BCUT2D eigenvalue weighted by molar-refractivity contribution is -0.128. The van der Waals surface area contributed by atoms with Gasteiger partial charge in [0.05, 0.1) is 0 Å². The van der Waals surface area contributed by atoms with Crippen LogP contribution in [-0.2, 0) is 9.59 Å². The van der Waals surface area contributed by atoms with E-state index in [4.69, 9.17) is 0 Å². The Kier molecular flexibility index (Phi) is 5.60.